The number of carbonyl (C=O) groups is 1. The highest BCUT2D eigenvalue weighted by Crippen LogP contribution is 2.38. The zero-order valence-electron chi connectivity index (χ0n) is 10.7. The number of halogens is 3. The molecule has 0 amide bonds. The van der Waals surface area contributed by atoms with Crippen LogP contribution in [0.3, 0.4) is 0 Å². The Balaban J connectivity index is 2.03. The first-order valence-electron chi connectivity index (χ1n) is 6.40. The molecule has 1 aromatic heterocycles. The van der Waals surface area contributed by atoms with Crippen molar-refractivity contribution in [2.75, 3.05) is 5.32 Å². The minimum atomic E-state index is -4.17. The molecule has 1 heterocycles. The lowest BCUT2D eigenvalue weighted by Gasteiger charge is -2.31. The van der Waals surface area contributed by atoms with Crippen LogP contribution in [0.25, 0.3) is 0 Å². The highest BCUT2D eigenvalue weighted by Gasteiger charge is 2.42. The van der Waals surface area contributed by atoms with E-state index in [1.165, 1.54) is 12.1 Å². The van der Waals surface area contributed by atoms with Gasteiger partial charge in [-0.2, -0.15) is 13.2 Å². The molecule has 0 aromatic carbocycles. The molecule has 0 radical (unpaired) electrons. The molecule has 0 saturated heterocycles. The Morgan fingerprint density at radius 2 is 2.10 bits per heavy atom. The van der Waals surface area contributed by atoms with Crippen LogP contribution in [0.1, 0.15) is 36.2 Å². The maximum absolute atomic E-state index is 12.7. The Hall–Kier alpha value is -1.79. The van der Waals surface area contributed by atoms with Gasteiger partial charge in [0, 0.05) is 6.04 Å². The van der Waals surface area contributed by atoms with Gasteiger partial charge in [-0.25, -0.2) is 9.78 Å². The van der Waals surface area contributed by atoms with Gasteiger partial charge in [-0.3, -0.25) is 0 Å². The maximum atomic E-state index is 12.7. The molecule has 2 atom stereocenters. The first kappa shape index (κ1) is 14.6. The molecule has 1 aromatic rings. The van der Waals surface area contributed by atoms with Crippen LogP contribution in [0.5, 0.6) is 0 Å². The minimum absolute atomic E-state index is 0.00246. The second-order valence-corrected chi connectivity index (χ2v) is 4.96. The van der Waals surface area contributed by atoms with E-state index in [1.54, 1.807) is 6.07 Å². The van der Waals surface area contributed by atoms with E-state index in [9.17, 15) is 18.0 Å². The Kier molecular flexibility index (Phi) is 4.15. The van der Waals surface area contributed by atoms with Crippen molar-refractivity contribution in [1.29, 1.82) is 0 Å². The molecular formula is C13H15F3N2O2. The number of aromatic carboxylic acids is 1. The summed E-state index contributed by atoms with van der Waals surface area (Å²) >= 11 is 0. The second kappa shape index (κ2) is 5.68. The number of carboxylic acid groups (broad SMARTS) is 1. The lowest BCUT2D eigenvalue weighted by atomic mass is 9.85. The number of rotatable bonds is 3. The van der Waals surface area contributed by atoms with Gasteiger partial charge in [-0.05, 0) is 31.4 Å². The fourth-order valence-electron chi connectivity index (χ4n) is 2.46. The molecular weight excluding hydrogens is 273 g/mol. The summed E-state index contributed by atoms with van der Waals surface area (Å²) in [6.45, 7) is 0. The van der Waals surface area contributed by atoms with E-state index in [2.05, 4.69) is 10.3 Å². The lowest BCUT2D eigenvalue weighted by molar-refractivity contribution is -0.182. The number of nitrogens with one attached hydrogen (secondary N) is 1. The van der Waals surface area contributed by atoms with Crippen LogP contribution in [0.2, 0.25) is 0 Å². The fourth-order valence-corrected chi connectivity index (χ4v) is 2.46. The molecule has 4 nitrogen and oxygen atoms in total. The first-order valence-corrected chi connectivity index (χ1v) is 6.40. The van der Waals surface area contributed by atoms with Crippen LogP contribution in [0.15, 0.2) is 18.2 Å². The highest BCUT2D eigenvalue weighted by atomic mass is 19.4. The first-order chi connectivity index (χ1) is 9.36. The average Bonchev–Trinajstić information content (AvgIpc) is 2.38. The average molecular weight is 288 g/mol. The van der Waals surface area contributed by atoms with Gasteiger partial charge in [-0.15, -0.1) is 0 Å². The molecule has 0 bridgehead atoms. The van der Waals surface area contributed by atoms with E-state index in [1.807, 2.05) is 0 Å². The third kappa shape index (κ3) is 3.61. The topological polar surface area (TPSA) is 62.2 Å². The monoisotopic (exact) mass is 288 g/mol. The largest absolute Gasteiger partial charge is 0.477 e. The molecule has 2 N–H and O–H groups in total. The van der Waals surface area contributed by atoms with Crippen molar-refractivity contribution in [2.24, 2.45) is 5.92 Å². The number of aromatic nitrogens is 1. The van der Waals surface area contributed by atoms with E-state index < -0.39 is 18.1 Å². The third-order valence-corrected chi connectivity index (χ3v) is 3.46. The van der Waals surface area contributed by atoms with Gasteiger partial charge < -0.3 is 10.4 Å². The Morgan fingerprint density at radius 3 is 2.75 bits per heavy atom. The summed E-state index contributed by atoms with van der Waals surface area (Å²) in [5, 5.41) is 11.7. The van der Waals surface area contributed by atoms with Crippen molar-refractivity contribution in [3.63, 3.8) is 0 Å². The van der Waals surface area contributed by atoms with Gasteiger partial charge in [0.15, 0.2) is 5.69 Å². The van der Waals surface area contributed by atoms with E-state index in [-0.39, 0.29) is 24.6 Å². The molecule has 1 fully saturated rings. The molecule has 7 heteroatoms. The number of anilines is 1. The molecule has 0 aliphatic heterocycles. The van der Waals surface area contributed by atoms with Crippen molar-refractivity contribution in [3.05, 3.63) is 23.9 Å². The van der Waals surface area contributed by atoms with Gasteiger partial charge >= 0.3 is 12.1 Å². The van der Waals surface area contributed by atoms with Crippen molar-refractivity contribution in [2.45, 2.75) is 37.9 Å². The number of nitrogens with zero attached hydrogens (tertiary/aromatic N) is 1. The fraction of sp³-hybridized carbons (Fsp3) is 0.538. The van der Waals surface area contributed by atoms with Gasteiger partial charge in [-0.1, -0.05) is 12.5 Å². The van der Waals surface area contributed by atoms with Gasteiger partial charge in [0.2, 0.25) is 0 Å². The van der Waals surface area contributed by atoms with E-state index >= 15 is 0 Å². The quantitative estimate of drug-likeness (QED) is 0.895. The van der Waals surface area contributed by atoms with Crippen LogP contribution in [0, 0.1) is 5.92 Å². The highest BCUT2D eigenvalue weighted by molar-refractivity contribution is 5.85. The lowest BCUT2D eigenvalue weighted by Crippen LogP contribution is -2.34. The normalized spacial score (nSPS) is 23.4. The summed E-state index contributed by atoms with van der Waals surface area (Å²) in [6, 6.07) is 4.09. The Bertz CT molecular complexity index is 491. The molecule has 1 saturated carbocycles. The van der Waals surface area contributed by atoms with Crippen molar-refractivity contribution in [1.82, 2.24) is 4.98 Å². The van der Waals surface area contributed by atoms with E-state index in [0.717, 1.165) is 0 Å². The Labute approximate surface area is 114 Å². The number of hydrogen-bond donors (Lipinski definition) is 2. The number of pyridine rings is 1. The smallest absolute Gasteiger partial charge is 0.391 e. The van der Waals surface area contributed by atoms with Crippen LogP contribution < -0.4 is 5.32 Å². The molecule has 1 aliphatic carbocycles. The summed E-state index contributed by atoms with van der Waals surface area (Å²) in [6.07, 6.45) is -2.88. The van der Waals surface area contributed by atoms with Crippen LogP contribution in [-0.2, 0) is 0 Å². The predicted octanol–water partition coefficient (Wildman–Crippen LogP) is 3.31. The molecule has 0 spiro atoms. The summed E-state index contributed by atoms with van der Waals surface area (Å²) in [4.78, 5) is 14.7. The van der Waals surface area contributed by atoms with Crippen molar-refractivity contribution < 1.29 is 23.1 Å². The van der Waals surface area contributed by atoms with Gasteiger partial charge in [0.25, 0.3) is 0 Å². The minimum Gasteiger partial charge on any atom is -0.477 e. The summed E-state index contributed by atoms with van der Waals surface area (Å²) in [7, 11) is 0. The SMILES string of the molecule is O=C(O)c1cccc(NC2CCCC(C(F)(F)F)C2)n1. The number of alkyl halides is 3. The summed E-state index contributed by atoms with van der Waals surface area (Å²) in [5.41, 5.74) is -0.127. The van der Waals surface area contributed by atoms with Crippen LogP contribution in [0.4, 0.5) is 19.0 Å². The van der Waals surface area contributed by atoms with Crippen LogP contribution >= 0.6 is 0 Å². The zero-order valence-corrected chi connectivity index (χ0v) is 10.7. The molecule has 110 valence electrons. The molecule has 2 unspecified atom stereocenters. The summed E-state index contributed by atoms with van der Waals surface area (Å²) in [5.74, 6) is -2.15. The Morgan fingerprint density at radius 1 is 1.35 bits per heavy atom. The van der Waals surface area contributed by atoms with Crippen LogP contribution in [-0.4, -0.2) is 28.3 Å². The molecule has 2 rings (SSSR count). The predicted molar refractivity (Wildman–Crippen MR) is 66.6 cm³/mol. The second-order valence-electron chi connectivity index (χ2n) is 4.96. The number of hydrogen-bond acceptors (Lipinski definition) is 3. The van der Waals surface area contributed by atoms with E-state index in [4.69, 9.17) is 5.11 Å². The molecule has 1 aliphatic rings. The zero-order chi connectivity index (χ0) is 14.8. The van der Waals surface area contributed by atoms with Gasteiger partial charge in [0.1, 0.15) is 5.82 Å². The third-order valence-electron chi connectivity index (χ3n) is 3.46. The number of carboxylic acids is 1. The standard InChI is InChI=1S/C13H15F3N2O2/c14-13(15,16)8-3-1-4-9(7-8)17-11-6-2-5-10(18-11)12(19)20/h2,5-6,8-9H,1,3-4,7H2,(H,17,18)(H,19,20). The van der Waals surface area contributed by atoms with E-state index in [0.29, 0.717) is 18.7 Å². The van der Waals surface area contributed by atoms with Crippen molar-refractivity contribution in [3.8, 4) is 0 Å². The maximum Gasteiger partial charge on any atom is 0.391 e. The summed E-state index contributed by atoms with van der Waals surface area (Å²) < 4.78 is 38.1. The van der Waals surface area contributed by atoms with Crippen molar-refractivity contribution >= 4 is 11.8 Å². The molecule has 20 heavy (non-hydrogen) atoms. The van der Waals surface area contributed by atoms with Gasteiger partial charge in [0.05, 0.1) is 5.92 Å².